The van der Waals surface area contributed by atoms with Crippen LogP contribution < -0.4 is 19.5 Å². The lowest BCUT2D eigenvalue weighted by molar-refractivity contribution is 0.0827. The summed E-state index contributed by atoms with van der Waals surface area (Å²) in [6, 6.07) is 18.0. The second-order valence-corrected chi connectivity index (χ2v) is 12.2. The number of carbonyl (C=O) groups excluding carboxylic acids is 1. The standard InChI is InChI=1S/C32H41N3O7S/c1-21(16-33-22(2)19-36)30(18-35(5)17-23-9-11-27-28(13-23)41-20-40-27)42-29-15-25(10-12-31(29)43(38)39)24-7-6-8-26(14-24)32(37)34(3)4/h6-15,21-22,30,33,36,43H,16-20H2,1-5H3/t21-,22+,30+/m0/s1. The summed E-state index contributed by atoms with van der Waals surface area (Å²) in [6.07, 6.45) is -0.400. The molecule has 1 heterocycles. The summed E-state index contributed by atoms with van der Waals surface area (Å²) in [5.41, 5.74) is 3.08. The predicted molar refractivity (Wildman–Crippen MR) is 166 cm³/mol. The SMILES string of the molecule is C[C@H](CO)NC[C@H](C)[C@@H](CN(C)Cc1ccc2c(c1)OCO2)Oc1cc(-c2cccc(C(=O)N(C)C)c2)ccc1[SH](=O)=O. The Balaban J connectivity index is 1.61. The fraction of sp³-hybridized carbons (Fsp3) is 0.406. The Morgan fingerprint density at radius 3 is 2.47 bits per heavy atom. The number of hydrogen-bond donors (Lipinski definition) is 3. The van der Waals surface area contributed by atoms with Crippen molar-refractivity contribution in [2.75, 3.05) is 47.6 Å². The van der Waals surface area contributed by atoms with E-state index >= 15 is 0 Å². The van der Waals surface area contributed by atoms with Crippen LogP contribution in [0.5, 0.6) is 17.2 Å². The molecule has 0 bridgehead atoms. The Hall–Kier alpha value is -3.64. The van der Waals surface area contributed by atoms with E-state index in [1.807, 2.05) is 45.2 Å². The normalized spacial score (nSPS) is 14.5. The third-order valence-electron chi connectivity index (χ3n) is 7.36. The van der Waals surface area contributed by atoms with E-state index in [0.717, 1.165) is 22.4 Å². The number of hydrogen-bond acceptors (Lipinski definition) is 9. The van der Waals surface area contributed by atoms with Crippen molar-refractivity contribution in [1.29, 1.82) is 0 Å². The Morgan fingerprint density at radius 1 is 1.00 bits per heavy atom. The van der Waals surface area contributed by atoms with Crippen LogP contribution in [0.15, 0.2) is 65.6 Å². The number of carbonyl (C=O) groups is 1. The van der Waals surface area contributed by atoms with Crippen LogP contribution in [0, 0.1) is 5.92 Å². The highest BCUT2D eigenvalue weighted by molar-refractivity contribution is 7.72. The summed E-state index contributed by atoms with van der Waals surface area (Å²) in [5.74, 6) is 1.52. The summed E-state index contributed by atoms with van der Waals surface area (Å²) < 4.78 is 42.1. The molecule has 0 radical (unpaired) electrons. The average molecular weight is 612 g/mol. The molecule has 43 heavy (non-hydrogen) atoms. The second-order valence-electron chi connectivity index (χ2n) is 11.2. The van der Waals surface area contributed by atoms with Crippen LogP contribution in [0.2, 0.25) is 0 Å². The van der Waals surface area contributed by atoms with Crippen molar-refractivity contribution in [2.24, 2.45) is 5.92 Å². The number of rotatable bonds is 14. The van der Waals surface area contributed by atoms with Gasteiger partial charge in [-0.15, -0.1) is 0 Å². The maximum atomic E-state index is 12.6. The number of nitrogens with one attached hydrogen (secondary N) is 1. The first kappa shape index (κ1) is 32.3. The maximum absolute atomic E-state index is 12.6. The van der Waals surface area contributed by atoms with Gasteiger partial charge in [0, 0.05) is 51.3 Å². The third kappa shape index (κ3) is 8.47. The van der Waals surface area contributed by atoms with E-state index in [1.165, 1.54) is 4.90 Å². The number of ether oxygens (including phenoxy) is 3. The molecule has 3 aromatic carbocycles. The van der Waals surface area contributed by atoms with Gasteiger partial charge in [0.1, 0.15) is 16.7 Å². The molecule has 1 amide bonds. The van der Waals surface area contributed by atoms with E-state index < -0.39 is 16.8 Å². The lowest BCUT2D eigenvalue weighted by Gasteiger charge is -2.31. The van der Waals surface area contributed by atoms with Gasteiger partial charge < -0.3 is 29.5 Å². The first-order valence-corrected chi connectivity index (χ1v) is 15.4. The maximum Gasteiger partial charge on any atom is 0.253 e. The van der Waals surface area contributed by atoms with Crippen LogP contribution in [0.25, 0.3) is 11.1 Å². The Morgan fingerprint density at radius 2 is 1.74 bits per heavy atom. The van der Waals surface area contributed by atoms with Gasteiger partial charge in [-0.05, 0) is 67.1 Å². The molecule has 11 heteroatoms. The van der Waals surface area contributed by atoms with Gasteiger partial charge in [0.05, 0.1) is 6.61 Å². The molecule has 10 nitrogen and oxygen atoms in total. The minimum atomic E-state index is -2.93. The highest BCUT2D eigenvalue weighted by Crippen LogP contribution is 2.33. The smallest absolute Gasteiger partial charge is 0.253 e. The van der Waals surface area contributed by atoms with E-state index in [-0.39, 0.29) is 41.9 Å². The number of nitrogens with zero attached hydrogens (tertiary/aromatic N) is 2. The highest BCUT2D eigenvalue weighted by Gasteiger charge is 2.24. The minimum absolute atomic E-state index is 0.000496. The van der Waals surface area contributed by atoms with Crippen molar-refractivity contribution in [2.45, 2.75) is 37.4 Å². The number of likely N-dealkylation sites (N-methyl/N-ethyl adjacent to an activating group) is 1. The molecule has 232 valence electrons. The van der Waals surface area contributed by atoms with Crippen LogP contribution in [-0.2, 0) is 17.2 Å². The quantitative estimate of drug-likeness (QED) is 0.236. The molecular formula is C32H41N3O7S. The van der Waals surface area contributed by atoms with Crippen molar-refractivity contribution in [3.05, 3.63) is 71.8 Å². The highest BCUT2D eigenvalue weighted by atomic mass is 32.2. The van der Waals surface area contributed by atoms with Gasteiger partial charge >= 0.3 is 0 Å². The average Bonchev–Trinajstić information content (AvgIpc) is 3.46. The predicted octanol–water partition coefficient (Wildman–Crippen LogP) is 3.24. The van der Waals surface area contributed by atoms with E-state index in [4.69, 9.17) is 14.2 Å². The van der Waals surface area contributed by atoms with E-state index in [1.54, 1.807) is 50.5 Å². The van der Waals surface area contributed by atoms with E-state index in [0.29, 0.717) is 30.9 Å². The number of fused-ring (bicyclic) bond motifs is 1. The molecule has 3 aromatic rings. The lowest BCUT2D eigenvalue weighted by Crippen LogP contribution is -2.43. The molecular weight excluding hydrogens is 570 g/mol. The summed E-state index contributed by atoms with van der Waals surface area (Å²) in [5, 5.41) is 12.8. The van der Waals surface area contributed by atoms with Crippen molar-refractivity contribution in [1.82, 2.24) is 15.1 Å². The molecule has 1 aliphatic rings. The fourth-order valence-electron chi connectivity index (χ4n) is 4.83. The fourth-order valence-corrected chi connectivity index (χ4v) is 5.32. The van der Waals surface area contributed by atoms with Gasteiger partial charge in [-0.25, -0.2) is 8.42 Å². The van der Waals surface area contributed by atoms with E-state index in [9.17, 15) is 18.3 Å². The molecule has 0 saturated heterocycles. The van der Waals surface area contributed by atoms with Crippen LogP contribution in [0.3, 0.4) is 0 Å². The summed E-state index contributed by atoms with van der Waals surface area (Å²) in [6.45, 7) is 5.80. The lowest BCUT2D eigenvalue weighted by atomic mass is 10.0. The van der Waals surface area contributed by atoms with Gasteiger partial charge in [0.15, 0.2) is 22.2 Å². The van der Waals surface area contributed by atoms with Gasteiger partial charge in [0.2, 0.25) is 6.79 Å². The Bertz CT molecular complexity index is 1490. The minimum Gasteiger partial charge on any atom is -0.487 e. The zero-order chi connectivity index (χ0) is 31.1. The number of thiol groups is 1. The topological polar surface area (TPSA) is 118 Å². The molecule has 0 spiro atoms. The number of aliphatic hydroxyl groups is 1. The second kappa shape index (κ2) is 14.7. The molecule has 0 aliphatic carbocycles. The third-order valence-corrected chi connectivity index (χ3v) is 8.12. The molecule has 0 saturated carbocycles. The molecule has 2 N–H and O–H groups in total. The number of benzene rings is 3. The molecule has 0 aromatic heterocycles. The summed E-state index contributed by atoms with van der Waals surface area (Å²) in [4.78, 5) is 16.3. The number of aliphatic hydroxyl groups excluding tert-OH is 1. The van der Waals surface area contributed by atoms with Crippen molar-refractivity contribution in [3.63, 3.8) is 0 Å². The van der Waals surface area contributed by atoms with Gasteiger partial charge in [-0.1, -0.05) is 31.2 Å². The van der Waals surface area contributed by atoms with E-state index in [2.05, 4.69) is 10.2 Å². The molecule has 0 unspecified atom stereocenters. The van der Waals surface area contributed by atoms with Gasteiger partial charge in [-0.3, -0.25) is 9.69 Å². The zero-order valence-electron chi connectivity index (χ0n) is 25.3. The molecule has 0 fully saturated rings. The zero-order valence-corrected chi connectivity index (χ0v) is 26.2. The van der Waals surface area contributed by atoms with Crippen LogP contribution >= 0.6 is 0 Å². The van der Waals surface area contributed by atoms with Crippen molar-refractivity contribution < 1.29 is 32.5 Å². The first-order chi connectivity index (χ1) is 20.5. The molecule has 3 atom stereocenters. The monoisotopic (exact) mass is 611 g/mol. The Labute approximate surface area is 255 Å². The summed E-state index contributed by atoms with van der Waals surface area (Å²) in [7, 11) is 2.44. The van der Waals surface area contributed by atoms with Crippen molar-refractivity contribution >= 4 is 16.6 Å². The van der Waals surface area contributed by atoms with Crippen LogP contribution in [-0.4, -0.2) is 89.0 Å². The van der Waals surface area contributed by atoms with Gasteiger partial charge in [0.25, 0.3) is 5.91 Å². The molecule has 1 aliphatic heterocycles. The van der Waals surface area contributed by atoms with Crippen molar-refractivity contribution in [3.8, 4) is 28.4 Å². The summed E-state index contributed by atoms with van der Waals surface area (Å²) >= 11 is 0. The first-order valence-electron chi connectivity index (χ1n) is 14.2. The Kier molecular flexibility index (Phi) is 11.0. The largest absolute Gasteiger partial charge is 0.487 e. The van der Waals surface area contributed by atoms with Gasteiger partial charge in [-0.2, -0.15) is 0 Å². The van der Waals surface area contributed by atoms with Crippen LogP contribution in [0.1, 0.15) is 29.8 Å². The van der Waals surface area contributed by atoms with Crippen LogP contribution in [0.4, 0.5) is 0 Å². The number of amides is 1. The molecule has 4 rings (SSSR count).